The molecule has 1 N–H and O–H groups in total. The van der Waals surface area contributed by atoms with Crippen molar-refractivity contribution in [1.29, 1.82) is 0 Å². The van der Waals surface area contributed by atoms with Crippen LogP contribution in [0.25, 0.3) is 0 Å². The highest BCUT2D eigenvalue weighted by atomic mass is 19.1. The molecule has 1 aliphatic heterocycles. The SMILES string of the molecule is Cc1ccc(F)c(C2(F)CCNC2)c1. The number of aryl methyl sites for hydroxylation is 1. The summed E-state index contributed by atoms with van der Waals surface area (Å²) >= 11 is 0. The van der Waals surface area contributed by atoms with Gasteiger partial charge in [0.25, 0.3) is 0 Å². The van der Waals surface area contributed by atoms with Gasteiger partial charge in [0.1, 0.15) is 5.82 Å². The summed E-state index contributed by atoms with van der Waals surface area (Å²) in [6, 6.07) is 4.59. The van der Waals surface area contributed by atoms with E-state index in [2.05, 4.69) is 5.32 Å². The van der Waals surface area contributed by atoms with Crippen LogP contribution in [-0.4, -0.2) is 13.1 Å². The van der Waals surface area contributed by atoms with Crippen molar-refractivity contribution in [2.24, 2.45) is 0 Å². The second kappa shape index (κ2) is 3.31. The van der Waals surface area contributed by atoms with Gasteiger partial charge in [0, 0.05) is 12.1 Å². The molecule has 0 spiro atoms. The number of hydrogen-bond acceptors (Lipinski definition) is 1. The van der Waals surface area contributed by atoms with E-state index < -0.39 is 11.5 Å². The first-order chi connectivity index (χ1) is 6.62. The summed E-state index contributed by atoms with van der Waals surface area (Å²) in [5.74, 6) is -0.443. The lowest BCUT2D eigenvalue weighted by atomic mass is 9.93. The molecule has 1 heterocycles. The molecular weight excluding hydrogens is 184 g/mol. The van der Waals surface area contributed by atoms with Crippen LogP contribution in [0.2, 0.25) is 0 Å². The minimum Gasteiger partial charge on any atom is -0.313 e. The maximum atomic E-state index is 14.2. The summed E-state index contributed by atoms with van der Waals surface area (Å²) in [5.41, 5.74) is -0.427. The van der Waals surface area contributed by atoms with Gasteiger partial charge in [0.2, 0.25) is 0 Å². The molecule has 1 unspecified atom stereocenters. The van der Waals surface area contributed by atoms with E-state index in [1.54, 1.807) is 12.1 Å². The van der Waals surface area contributed by atoms with E-state index in [1.165, 1.54) is 6.07 Å². The van der Waals surface area contributed by atoms with E-state index >= 15 is 0 Å². The highest BCUT2D eigenvalue weighted by Crippen LogP contribution is 2.34. The van der Waals surface area contributed by atoms with E-state index in [9.17, 15) is 8.78 Å². The van der Waals surface area contributed by atoms with E-state index in [0.29, 0.717) is 13.0 Å². The van der Waals surface area contributed by atoms with Crippen LogP contribution in [-0.2, 0) is 5.67 Å². The summed E-state index contributed by atoms with van der Waals surface area (Å²) in [4.78, 5) is 0. The van der Waals surface area contributed by atoms with Crippen LogP contribution in [0.4, 0.5) is 8.78 Å². The molecule has 0 aliphatic carbocycles. The topological polar surface area (TPSA) is 12.0 Å². The van der Waals surface area contributed by atoms with Crippen molar-refractivity contribution in [3.05, 3.63) is 35.1 Å². The molecule has 2 rings (SSSR count). The first-order valence-corrected chi connectivity index (χ1v) is 4.78. The van der Waals surface area contributed by atoms with Crippen molar-refractivity contribution >= 4 is 0 Å². The Morgan fingerprint density at radius 1 is 1.43 bits per heavy atom. The normalized spacial score (nSPS) is 26.8. The van der Waals surface area contributed by atoms with Gasteiger partial charge in [-0.3, -0.25) is 0 Å². The van der Waals surface area contributed by atoms with Gasteiger partial charge in [-0.1, -0.05) is 11.6 Å². The summed E-state index contributed by atoms with van der Waals surface area (Å²) in [6.07, 6.45) is 0.355. The second-order valence-electron chi connectivity index (χ2n) is 3.88. The van der Waals surface area contributed by atoms with Crippen LogP contribution >= 0.6 is 0 Å². The molecule has 0 saturated carbocycles. The third kappa shape index (κ3) is 1.52. The Labute approximate surface area is 82.1 Å². The molecule has 1 saturated heterocycles. The Hall–Kier alpha value is -0.960. The maximum Gasteiger partial charge on any atom is 0.152 e. The van der Waals surface area contributed by atoms with Crippen LogP contribution in [0.5, 0.6) is 0 Å². The molecule has 1 aliphatic rings. The Morgan fingerprint density at radius 3 is 2.86 bits per heavy atom. The zero-order valence-electron chi connectivity index (χ0n) is 8.11. The zero-order chi connectivity index (χ0) is 10.2. The van der Waals surface area contributed by atoms with Gasteiger partial charge in [-0.25, -0.2) is 8.78 Å². The number of alkyl halides is 1. The predicted octanol–water partition coefficient (Wildman–Crippen LogP) is 2.29. The molecular formula is C11H13F2N. The van der Waals surface area contributed by atoms with Crippen molar-refractivity contribution in [2.75, 3.05) is 13.1 Å². The Kier molecular flexibility index (Phi) is 2.27. The fourth-order valence-electron chi connectivity index (χ4n) is 1.87. The van der Waals surface area contributed by atoms with E-state index in [-0.39, 0.29) is 12.1 Å². The van der Waals surface area contributed by atoms with Crippen LogP contribution in [0.3, 0.4) is 0 Å². The van der Waals surface area contributed by atoms with E-state index in [1.807, 2.05) is 6.92 Å². The summed E-state index contributed by atoms with van der Waals surface area (Å²) in [6.45, 7) is 2.67. The van der Waals surface area contributed by atoms with Gasteiger partial charge in [0.05, 0.1) is 0 Å². The van der Waals surface area contributed by atoms with E-state index in [0.717, 1.165) is 5.56 Å². The van der Waals surface area contributed by atoms with Crippen LogP contribution in [0.15, 0.2) is 18.2 Å². The summed E-state index contributed by atoms with van der Waals surface area (Å²) in [7, 11) is 0. The standard InChI is InChI=1S/C11H13F2N/c1-8-2-3-10(12)9(6-8)11(13)4-5-14-7-11/h2-3,6,14H,4-5,7H2,1H3. The lowest BCUT2D eigenvalue weighted by molar-refractivity contribution is 0.186. The van der Waals surface area contributed by atoms with Crippen molar-refractivity contribution in [3.63, 3.8) is 0 Å². The van der Waals surface area contributed by atoms with Crippen molar-refractivity contribution in [1.82, 2.24) is 5.32 Å². The van der Waals surface area contributed by atoms with Crippen molar-refractivity contribution in [3.8, 4) is 0 Å². The van der Waals surface area contributed by atoms with Crippen LogP contribution in [0, 0.1) is 12.7 Å². The lowest BCUT2D eigenvalue weighted by Gasteiger charge is -2.19. The van der Waals surface area contributed by atoms with E-state index in [4.69, 9.17) is 0 Å². The smallest absolute Gasteiger partial charge is 0.152 e. The minimum atomic E-state index is -1.52. The molecule has 0 radical (unpaired) electrons. The Bertz CT molecular complexity index is 343. The number of nitrogens with one attached hydrogen (secondary N) is 1. The number of hydrogen-bond donors (Lipinski definition) is 1. The molecule has 1 atom stereocenters. The fraction of sp³-hybridized carbons (Fsp3) is 0.455. The molecule has 1 aromatic carbocycles. The first-order valence-electron chi connectivity index (χ1n) is 4.78. The number of halogens is 2. The molecule has 14 heavy (non-hydrogen) atoms. The van der Waals surface area contributed by atoms with Gasteiger partial charge in [0.15, 0.2) is 5.67 Å². The highest BCUT2D eigenvalue weighted by Gasteiger charge is 2.37. The molecule has 1 aromatic rings. The first kappa shape index (κ1) is 9.59. The van der Waals surface area contributed by atoms with Crippen LogP contribution < -0.4 is 5.32 Å². The highest BCUT2D eigenvalue weighted by molar-refractivity contribution is 5.30. The van der Waals surface area contributed by atoms with Gasteiger partial charge < -0.3 is 5.32 Å². The second-order valence-corrected chi connectivity index (χ2v) is 3.88. The van der Waals surface area contributed by atoms with Crippen molar-refractivity contribution in [2.45, 2.75) is 19.0 Å². The van der Waals surface area contributed by atoms with Gasteiger partial charge >= 0.3 is 0 Å². The van der Waals surface area contributed by atoms with Gasteiger partial charge in [-0.05, 0) is 32.0 Å². The molecule has 1 fully saturated rings. The third-order valence-electron chi connectivity index (χ3n) is 2.71. The Balaban J connectivity index is 2.44. The number of benzene rings is 1. The fourth-order valence-corrected chi connectivity index (χ4v) is 1.87. The molecule has 76 valence electrons. The zero-order valence-corrected chi connectivity index (χ0v) is 8.11. The molecule has 0 bridgehead atoms. The third-order valence-corrected chi connectivity index (χ3v) is 2.71. The predicted molar refractivity (Wildman–Crippen MR) is 51.4 cm³/mol. The number of rotatable bonds is 1. The quantitative estimate of drug-likeness (QED) is 0.728. The van der Waals surface area contributed by atoms with Crippen molar-refractivity contribution < 1.29 is 8.78 Å². The lowest BCUT2D eigenvalue weighted by Crippen LogP contribution is -2.24. The molecule has 1 nitrogen and oxygen atoms in total. The maximum absolute atomic E-state index is 14.2. The molecule has 3 heteroatoms. The average Bonchev–Trinajstić information content (AvgIpc) is 2.58. The summed E-state index contributed by atoms with van der Waals surface area (Å²) in [5, 5.41) is 2.92. The Morgan fingerprint density at radius 2 is 2.21 bits per heavy atom. The van der Waals surface area contributed by atoms with Crippen LogP contribution in [0.1, 0.15) is 17.5 Å². The van der Waals surface area contributed by atoms with Gasteiger partial charge in [-0.15, -0.1) is 0 Å². The van der Waals surface area contributed by atoms with Gasteiger partial charge in [-0.2, -0.15) is 0 Å². The average molecular weight is 197 g/mol. The molecule has 0 aromatic heterocycles. The molecule has 0 amide bonds. The summed E-state index contributed by atoms with van der Waals surface area (Å²) < 4.78 is 27.6. The largest absolute Gasteiger partial charge is 0.313 e. The minimum absolute atomic E-state index is 0.197. The monoisotopic (exact) mass is 197 g/mol.